The van der Waals surface area contributed by atoms with E-state index in [4.69, 9.17) is 0 Å². The molecule has 0 aromatic heterocycles. The van der Waals surface area contributed by atoms with Crippen molar-refractivity contribution in [1.82, 2.24) is 0 Å². The van der Waals surface area contributed by atoms with Gasteiger partial charge >= 0.3 is 0 Å². The van der Waals surface area contributed by atoms with Crippen LogP contribution in [-0.4, -0.2) is 11.2 Å². The van der Waals surface area contributed by atoms with Crippen LogP contribution in [0.15, 0.2) is 36.4 Å². The fraction of sp³-hybridized carbons (Fsp3) is 0.429. The molecular weight excluding hydrogens is 184 g/mol. The first kappa shape index (κ1) is 12.0. The van der Waals surface area contributed by atoms with Gasteiger partial charge in [-0.15, -0.1) is 0 Å². The molecule has 1 nitrogen and oxygen atoms in total. The molecule has 1 rings (SSSR count). The van der Waals surface area contributed by atoms with Gasteiger partial charge in [0.15, 0.2) is 0 Å². The van der Waals surface area contributed by atoms with Crippen molar-refractivity contribution in [3.63, 3.8) is 0 Å². The molecular formula is C14H20O. The first-order valence-corrected chi connectivity index (χ1v) is 5.52. The van der Waals surface area contributed by atoms with E-state index in [2.05, 4.69) is 44.7 Å². The Morgan fingerprint density at radius 2 is 1.93 bits per heavy atom. The van der Waals surface area contributed by atoms with Gasteiger partial charge in [0, 0.05) is 0 Å². The van der Waals surface area contributed by atoms with Gasteiger partial charge in [-0.1, -0.05) is 48.9 Å². The van der Waals surface area contributed by atoms with Crippen molar-refractivity contribution in [2.75, 3.05) is 0 Å². The number of rotatable bonds is 5. The Labute approximate surface area is 92.5 Å². The van der Waals surface area contributed by atoms with Gasteiger partial charge in [0.25, 0.3) is 0 Å². The third-order valence-corrected chi connectivity index (χ3v) is 2.62. The zero-order chi connectivity index (χ0) is 11.3. The van der Waals surface area contributed by atoms with E-state index in [1.54, 1.807) is 0 Å². The zero-order valence-corrected chi connectivity index (χ0v) is 9.66. The highest BCUT2D eigenvalue weighted by molar-refractivity contribution is 5.22. The summed E-state index contributed by atoms with van der Waals surface area (Å²) in [5.41, 5.74) is 3.57. The molecule has 1 N–H and O–H groups in total. The van der Waals surface area contributed by atoms with Crippen molar-refractivity contribution in [2.24, 2.45) is 0 Å². The molecule has 1 unspecified atom stereocenters. The van der Waals surface area contributed by atoms with E-state index < -0.39 is 0 Å². The molecule has 0 amide bonds. The van der Waals surface area contributed by atoms with Crippen LogP contribution in [0, 0.1) is 6.92 Å². The Hall–Kier alpha value is -1.08. The van der Waals surface area contributed by atoms with Crippen molar-refractivity contribution in [2.45, 2.75) is 39.2 Å². The molecule has 0 bridgehead atoms. The summed E-state index contributed by atoms with van der Waals surface area (Å²) in [4.78, 5) is 0. The lowest BCUT2D eigenvalue weighted by Gasteiger charge is -2.11. The standard InChI is InChI=1S/C14H20O/c1-4-11(2)9-14(15)10-13-7-5-12(3)6-8-13/h5-8,14-15H,2,4,9-10H2,1,3H3. The third-order valence-electron chi connectivity index (χ3n) is 2.62. The van der Waals surface area contributed by atoms with Crippen molar-refractivity contribution in [3.05, 3.63) is 47.5 Å². The lowest BCUT2D eigenvalue weighted by molar-refractivity contribution is 0.174. The van der Waals surface area contributed by atoms with Crippen LogP contribution in [-0.2, 0) is 6.42 Å². The summed E-state index contributed by atoms with van der Waals surface area (Å²) in [6, 6.07) is 8.31. The Balaban J connectivity index is 2.47. The summed E-state index contributed by atoms with van der Waals surface area (Å²) < 4.78 is 0. The second-order valence-electron chi connectivity index (χ2n) is 4.15. The highest BCUT2D eigenvalue weighted by atomic mass is 16.3. The third kappa shape index (κ3) is 4.30. The fourth-order valence-electron chi connectivity index (χ4n) is 1.55. The van der Waals surface area contributed by atoms with Crippen LogP contribution in [0.5, 0.6) is 0 Å². The second kappa shape index (κ2) is 5.72. The lowest BCUT2D eigenvalue weighted by Crippen LogP contribution is -2.11. The van der Waals surface area contributed by atoms with Gasteiger partial charge in [0.1, 0.15) is 0 Å². The van der Waals surface area contributed by atoms with Crippen molar-refractivity contribution < 1.29 is 5.11 Å². The predicted molar refractivity (Wildman–Crippen MR) is 64.9 cm³/mol. The summed E-state index contributed by atoms with van der Waals surface area (Å²) in [6.45, 7) is 8.05. The van der Waals surface area contributed by atoms with Gasteiger partial charge in [-0.2, -0.15) is 0 Å². The molecule has 0 saturated carbocycles. The molecule has 1 heteroatoms. The van der Waals surface area contributed by atoms with E-state index in [-0.39, 0.29) is 6.10 Å². The lowest BCUT2D eigenvalue weighted by atomic mass is 10.0. The van der Waals surface area contributed by atoms with Crippen LogP contribution < -0.4 is 0 Å². The minimum atomic E-state index is -0.292. The minimum absolute atomic E-state index is 0.292. The molecule has 1 aromatic carbocycles. The molecule has 15 heavy (non-hydrogen) atoms. The Morgan fingerprint density at radius 3 is 2.47 bits per heavy atom. The second-order valence-corrected chi connectivity index (χ2v) is 4.15. The van der Waals surface area contributed by atoms with Gasteiger partial charge in [0.05, 0.1) is 6.10 Å². The van der Waals surface area contributed by atoms with E-state index in [0.29, 0.717) is 6.42 Å². The predicted octanol–water partition coefficient (Wildman–Crippen LogP) is 3.25. The topological polar surface area (TPSA) is 20.2 Å². The van der Waals surface area contributed by atoms with Crippen LogP contribution in [0.3, 0.4) is 0 Å². The fourth-order valence-corrected chi connectivity index (χ4v) is 1.55. The molecule has 1 aromatic rings. The first-order chi connectivity index (χ1) is 7.11. The molecule has 0 fully saturated rings. The van der Waals surface area contributed by atoms with Gasteiger partial charge in [-0.3, -0.25) is 0 Å². The first-order valence-electron chi connectivity index (χ1n) is 5.52. The van der Waals surface area contributed by atoms with Crippen LogP contribution in [0.2, 0.25) is 0 Å². The van der Waals surface area contributed by atoms with Crippen molar-refractivity contribution in [1.29, 1.82) is 0 Å². The summed E-state index contributed by atoms with van der Waals surface area (Å²) in [5, 5.41) is 9.81. The summed E-state index contributed by atoms with van der Waals surface area (Å²) in [7, 11) is 0. The minimum Gasteiger partial charge on any atom is -0.392 e. The summed E-state index contributed by atoms with van der Waals surface area (Å²) in [6.07, 6.45) is 2.09. The average Bonchev–Trinajstić information content (AvgIpc) is 2.21. The monoisotopic (exact) mass is 204 g/mol. The van der Waals surface area contributed by atoms with E-state index in [9.17, 15) is 5.11 Å². The van der Waals surface area contributed by atoms with Gasteiger partial charge < -0.3 is 5.11 Å². The zero-order valence-electron chi connectivity index (χ0n) is 9.66. The molecule has 0 spiro atoms. The normalized spacial score (nSPS) is 12.5. The van der Waals surface area contributed by atoms with Crippen LogP contribution in [0.4, 0.5) is 0 Å². The number of hydrogen-bond acceptors (Lipinski definition) is 1. The number of aliphatic hydroxyl groups is 1. The molecule has 82 valence electrons. The number of benzene rings is 1. The highest BCUT2D eigenvalue weighted by Crippen LogP contribution is 2.12. The molecule has 0 aliphatic rings. The van der Waals surface area contributed by atoms with Crippen molar-refractivity contribution in [3.8, 4) is 0 Å². The Morgan fingerprint density at radius 1 is 1.33 bits per heavy atom. The molecule has 0 aliphatic heterocycles. The maximum Gasteiger partial charge on any atom is 0.0617 e. The molecule has 0 heterocycles. The van der Waals surface area contributed by atoms with E-state index in [1.165, 1.54) is 11.1 Å². The van der Waals surface area contributed by atoms with Crippen LogP contribution >= 0.6 is 0 Å². The summed E-state index contributed by atoms with van der Waals surface area (Å²) in [5.74, 6) is 0. The SMILES string of the molecule is C=C(CC)CC(O)Cc1ccc(C)cc1. The number of aryl methyl sites for hydroxylation is 1. The maximum absolute atomic E-state index is 9.81. The van der Waals surface area contributed by atoms with E-state index >= 15 is 0 Å². The van der Waals surface area contributed by atoms with Gasteiger partial charge in [-0.05, 0) is 31.7 Å². The average molecular weight is 204 g/mol. The molecule has 1 atom stereocenters. The largest absolute Gasteiger partial charge is 0.392 e. The number of hydrogen-bond donors (Lipinski definition) is 1. The maximum atomic E-state index is 9.81. The molecule has 0 aliphatic carbocycles. The van der Waals surface area contributed by atoms with E-state index in [0.717, 1.165) is 18.4 Å². The van der Waals surface area contributed by atoms with Crippen LogP contribution in [0.25, 0.3) is 0 Å². The number of aliphatic hydroxyl groups excluding tert-OH is 1. The Bertz CT molecular complexity index is 311. The Kier molecular flexibility index (Phi) is 4.57. The highest BCUT2D eigenvalue weighted by Gasteiger charge is 2.06. The van der Waals surface area contributed by atoms with Gasteiger partial charge in [0.2, 0.25) is 0 Å². The molecule has 0 saturated heterocycles. The quantitative estimate of drug-likeness (QED) is 0.730. The van der Waals surface area contributed by atoms with Crippen molar-refractivity contribution >= 4 is 0 Å². The van der Waals surface area contributed by atoms with E-state index in [1.807, 2.05) is 0 Å². The smallest absolute Gasteiger partial charge is 0.0617 e. The van der Waals surface area contributed by atoms with Gasteiger partial charge in [-0.25, -0.2) is 0 Å². The van der Waals surface area contributed by atoms with Crippen LogP contribution in [0.1, 0.15) is 30.9 Å². The summed E-state index contributed by atoms with van der Waals surface area (Å²) >= 11 is 0. The molecule has 0 radical (unpaired) electrons.